The Morgan fingerprint density at radius 2 is 1.95 bits per heavy atom. The third-order valence-electron chi connectivity index (χ3n) is 3.66. The van der Waals surface area contributed by atoms with Crippen LogP contribution in [-0.2, 0) is 16.0 Å². The van der Waals surface area contributed by atoms with Gasteiger partial charge in [0.2, 0.25) is 5.91 Å². The normalized spacial score (nSPS) is 20.9. The van der Waals surface area contributed by atoms with E-state index in [1.54, 1.807) is 12.1 Å². The lowest BCUT2D eigenvalue weighted by Gasteiger charge is -2.12. The van der Waals surface area contributed by atoms with E-state index in [1.807, 2.05) is 0 Å². The lowest BCUT2D eigenvalue weighted by molar-refractivity contribution is -0.141. The number of nitrogens with one attached hydrogen (secondary N) is 1. The maximum atomic E-state index is 12.0. The van der Waals surface area contributed by atoms with Crippen LogP contribution in [0.5, 0.6) is 5.75 Å². The maximum Gasteiger partial charge on any atom is 0.387 e. The van der Waals surface area contributed by atoms with Gasteiger partial charge in [-0.15, -0.1) is 0 Å². The van der Waals surface area contributed by atoms with Crippen molar-refractivity contribution in [3.8, 4) is 5.75 Å². The molecule has 1 amide bonds. The van der Waals surface area contributed by atoms with Gasteiger partial charge < -0.3 is 15.2 Å². The Morgan fingerprint density at radius 1 is 1.27 bits per heavy atom. The number of amides is 1. The van der Waals surface area contributed by atoms with Gasteiger partial charge in [-0.2, -0.15) is 8.78 Å². The summed E-state index contributed by atoms with van der Waals surface area (Å²) in [5.74, 6) is -1.39. The molecular formula is C15H17F2NO4. The van der Waals surface area contributed by atoms with Crippen LogP contribution in [0.3, 0.4) is 0 Å². The van der Waals surface area contributed by atoms with Crippen molar-refractivity contribution in [2.45, 2.75) is 38.3 Å². The Balaban J connectivity index is 1.81. The fraction of sp³-hybridized carbons (Fsp3) is 0.467. The van der Waals surface area contributed by atoms with Gasteiger partial charge in [-0.3, -0.25) is 9.59 Å². The second-order valence-electron chi connectivity index (χ2n) is 5.31. The molecule has 0 saturated heterocycles. The lowest BCUT2D eigenvalue weighted by atomic mass is 10.1. The first-order chi connectivity index (χ1) is 10.4. The van der Waals surface area contributed by atoms with Gasteiger partial charge in [0.05, 0.1) is 12.3 Å². The quantitative estimate of drug-likeness (QED) is 0.844. The van der Waals surface area contributed by atoms with Gasteiger partial charge in [0.25, 0.3) is 0 Å². The molecular weight excluding hydrogens is 296 g/mol. The molecule has 0 aromatic heterocycles. The zero-order valence-corrected chi connectivity index (χ0v) is 11.8. The molecule has 1 aromatic carbocycles. The Morgan fingerprint density at radius 3 is 2.50 bits per heavy atom. The fourth-order valence-electron chi connectivity index (χ4n) is 2.59. The molecule has 7 heteroatoms. The molecule has 22 heavy (non-hydrogen) atoms. The molecule has 1 aliphatic rings. The number of benzene rings is 1. The first kappa shape index (κ1) is 16.2. The van der Waals surface area contributed by atoms with E-state index in [4.69, 9.17) is 5.11 Å². The molecule has 2 N–H and O–H groups in total. The minimum atomic E-state index is -2.88. The lowest BCUT2D eigenvalue weighted by Crippen LogP contribution is -2.34. The van der Waals surface area contributed by atoms with Crippen molar-refractivity contribution >= 4 is 11.9 Å². The number of aliphatic carboxylic acids is 1. The summed E-state index contributed by atoms with van der Waals surface area (Å²) in [7, 11) is 0. The van der Waals surface area contributed by atoms with E-state index < -0.39 is 18.5 Å². The van der Waals surface area contributed by atoms with Crippen molar-refractivity contribution < 1.29 is 28.2 Å². The molecule has 0 spiro atoms. The van der Waals surface area contributed by atoms with Crippen molar-refractivity contribution in [1.82, 2.24) is 5.32 Å². The van der Waals surface area contributed by atoms with Crippen LogP contribution in [0.4, 0.5) is 8.78 Å². The van der Waals surface area contributed by atoms with Crippen LogP contribution in [0.1, 0.15) is 24.8 Å². The summed E-state index contributed by atoms with van der Waals surface area (Å²) < 4.78 is 28.3. The molecule has 120 valence electrons. The van der Waals surface area contributed by atoms with Gasteiger partial charge >= 0.3 is 12.6 Å². The molecule has 0 aliphatic heterocycles. The van der Waals surface area contributed by atoms with Crippen LogP contribution in [-0.4, -0.2) is 29.6 Å². The van der Waals surface area contributed by atoms with Gasteiger partial charge in [-0.05, 0) is 37.0 Å². The Labute approximate surface area is 126 Å². The number of hydrogen-bond acceptors (Lipinski definition) is 3. The summed E-state index contributed by atoms with van der Waals surface area (Å²) in [4.78, 5) is 22.8. The maximum absolute atomic E-state index is 12.0. The van der Waals surface area contributed by atoms with Gasteiger partial charge in [0.1, 0.15) is 5.75 Å². The Kier molecular flexibility index (Phi) is 5.30. The first-order valence-electron chi connectivity index (χ1n) is 7.00. The SMILES string of the molecule is O=C(Cc1ccc(OC(F)F)cc1)N[C@@H]1CC[C@H](C(=O)O)C1. The number of halogens is 2. The average Bonchev–Trinajstić information content (AvgIpc) is 2.89. The number of alkyl halides is 2. The Hall–Kier alpha value is -2.18. The summed E-state index contributed by atoms with van der Waals surface area (Å²) in [5.41, 5.74) is 0.673. The summed E-state index contributed by atoms with van der Waals surface area (Å²) in [6.45, 7) is -2.88. The minimum Gasteiger partial charge on any atom is -0.481 e. The third-order valence-corrected chi connectivity index (χ3v) is 3.66. The second kappa shape index (κ2) is 7.20. The molecule has 2 rings (SSSR count). The molecule has 0 bridgehead atoms. The highest BCUT2D eigenvalue weighted by Crippen LogP contribution is 2.25. The van der Waals surface area contributed by atoms with Crippen LogP contribution in [0.15, 0.2) is 24.3 Å². The minimum absolute atomic E-state index is 0.0410. The van der Waals surface area contributed by atoms with Gasteiger partial charge in [-0.25, -0.2) is 0 Å². The molecule has 5 nitrogen and oxygen atoms in total. The van der Waals surface area contributed by atoms with E-state index in [2.05, 4.69) is 10.1 Å². The molecule has 1 aliphatic carbocycles. The van der Waals surface area contributed by atoms with E-state index in [0.717, 1.165) is 0 Å². The highest BCUT2D eigenvalue weighted by molar-refractivity contribution is 5.79. The van der Waals surface area contributed by atoms with Crippen LogP contribution >= 0.6 is 0 Å². The molecule has 1 saturated carbocycles. The summed E-state index contributed by atoms with van der Waals surface area (Å²) in [6, 6.07) is 5.74. The van der Waals surface area contributed by atoms with Crippen LogP contribution < -0.4 is 10.1 Å². The van der Waals surface area contributed by atoms with Crippen molar-refractivity contribution in [2.75, 3.05) is 0 Å². The largest absolute Gasteiger partial charge is 0.481 e. The smallest absolute Gasteiger partial charge is 0.387 e. The van der Waals surface area contributed by atoms with Crippen molar-refractivity contribution in [3.63, 3.8) is 0 Å². The number of carboxylic acids is 1. The van der Waals surface area contributed by atoms with Crippen LogP contribution in [0.2, 0.25) is 0 Å². The zero-order chi connectivity index (χ0) is 16.1. The zero-order valence-electron chi connectivity index (χ0n) is 11.8. The topological polar surface area (TPSA) is 75.6 Å². The molecule has 1 fully saturated rings. The van der Waals surface area contributed by atoms with Crippen LogP contribution in [0.25, 0.3) is 0 Å². The number of rotatable bonds is 6. The summed E-state index contributed by atoms with van der Waals surface area (Å²) in [5, 5.41) is 11.7. The predicted octanol–water partition coefficient (Wildman–Crippen LogP) is 2.20. The van der Waals surface area contributed by atoms with Crippen LogP contribution in [0, 0.1) is 5.92 Å². The monoisotopic (exact) mass is 313 g/mol. The molecule has 0 heterocycles. The van der Waals surface area contributed by atoms with E-state index >= 15 is 0 Å². The molecule has 0 radical (unpaired) electrons. The highest BCUT2D eigenvalue weighted by Gasteiger charge is 2.30. The fourth-order valence-corrected chi connectivity index (χ4v) is 2.59. The van der Waals surface area contributed by atoms with Gasteiger partial charge in [0.15, 0.2) is 0 Å². The number of carbonyl (C=O) groups is 2. The second-order valence-corrected chi connectivity index (χ2v) is 5.31. The van der Waals surface area contributed by atoms with E-state index in [0.29, 0.717) is 24.8 Å². The number of hydrogen-bond donors (Lipinski definition) is 2. The van der Waals surface area contributed by atoms with Gasteiger partial charge in [-0.1, -0.05) is 12.1 Å². The van der Waals surface area contributed by atoms with Gasteiger partial charge in [0, 0.05) is 6.04 Å². The average molecular weight is 313 g/mol. The van der Waals surface area contributed by atoms with Crippen molar-refractivity contribution in [1.29, 1.82) is 0 Å². The number of carbonyl (C=O) groups excluding carboxylic acids is 1. The first-order valence-corrected chi connectivity index (χ1v) is 7.00. The third kappa shape index (κ3) is 4.68. The summed E-state index contributed by atoms with van der Waals surface area (Å²) in [6.07, 6.45) is 1.79. The molecule has 1 aromatic rings. The van der Waals surface area contributed by atoms with Crippen molar-refractivity contribution in [2.24, 2.45) is 5.92 Å². The highest BCUT2D eigenvalue weighted by atomic mass is 19.3. The molecule has 0 unspecified atom stereocenters. The predicted molar refractivity (Wildman–Crippen MR) is 73.7 cm³/mol. The summed E-state index contributed by atoms with van der Waals surface area (Å²) >= 11 is 0. The van der Waals surface area contributed by atoms with Crippen molar-refractivity contribution in [3.05, 3.63) is 29.8 Å². The Bertz CT molecular complexity index is 533. The van der Waals surface area contributed by atoms with E-state index in [9.17, 15) is 18.4 Å². The number of carboxylic acid groups (broad SMARTS) is 1. The number of ether oxygens (including phenoxy) is 1. The standard InChI is InChI=1S/C15H17F2NO4/c16-15(17)22-12-5-1-9(2-6-12)7-13(19)18-11-4-3-10(8-11)14(20)21/h1-2,5-6,10-11,15H,3-4,7-8H2,(H,18,19)(H,20,21)/t10-,11+/m0/s1. The molecule has 2 atom stereocenters. The van der Waals surface area contributed by atoms with E-state index in [-0.39, 0.29) is 24.1 Å². The van der Waals surface area contributed by atoms with E-state index in [1.165, 1.54) is 12.1 Å².